The van der Waals surface area contributed by atoms with E-state index < -0.39 is 4.92 Å². The van der Waals surface area contributed by atoms with Gasteiger partial charge in [-0.3, -0.25) is 10.1 Å². The molecule has 0 saturated carbocycles. The van der Waals surface area contributed by atoms with Crippen molar-refractivity contribution in [3.05, 3.63) is 27.8 Å². The van der Waals surface area contributed by atoms with Crippen molar-refractivity contribution in [2.75, 3.05) is 0 Å². The molecule has 0 aliphatic heterocycles. The average Bonchev–Trinajstić information content (AvgIpc) is 2.70. The zero-order valence-corrected chi connectivity index (χ0v) is 11.0. The van der Waals surface area contributed by atoms with Crippen LogP contribution in [0, 0.1) is 27.4 Å². The fourth-order valence-electron chi connectivity index (χ4n) is 1.33. The third-order valence-corrected chi connectivity index (χ3v) is 2.70. The SMILES string of the molecule is CC(C)(C)C#Cc1cc2nsnc2cc1[N+](=O)[O-]. The van der Waals surface area contributed by atoms with Crippen LogP contribution in [0.3, 0.4) is 0 Å². The molecule has 2 aromatic rings. The maximum absolute atomic E-state index is 11.0. The molecule has 0 bridgehead atoms. The molecule has 0 aliphatic carbocycles. The number of hydrogen-bond acceptors (Lipinski definition) is 5. The van der Waals surface area contributed by atoms with E-state index in [4.69, 9.17) is 0 Å². The molecule has 0 unspecified atom stereocenters. The van der Waals surface area contributed by atoms with Gasteiger partial charge in [-0.25, -0.2) is 0 Å². The van der Waals surface area contributed by atoms with E-state index in [9.17, 15) is 10.1 Å². The molecule has 92 valence electrons. The molecular weight excluding hydrogens is 250 g/mol. The van der Waals surface area contributed by atoms with E-state index in [1.807, 2.05) is 20.8 Å². The van der Waals surface area contributed by atoms with Gasteiger partial charge in [-0.15, -0.1) is 0 Å². The topological polar surface area (TPSA) is 68.9 Å². The molecule has 0 spiro atoms. The first-order valence-electron chi connectivity index (χ1n) is 5.31. The maximum Gasteiger partial charge on any atom is 0.287 e. The van der Waals surface area contributed by atoms with Crippen LogP contribution in [0.5, 0.6) is 0 Å². The molecule has 0 aliphatic rings. The van der Waals surface area contributed by atoms with Gasteiger partial charge in [-0.2, -0.15) is 8.75 Å². The standard InChI is InChI=1S/C12H11N3O2S/c1-12(2,3)5-4-8-6-9-10(14-18-13-9)7-11(8)15(16)17/h6-7H,1-3H3. The number of rotatable bonds is 1. The fraction of sp³-hybridized carbons (Fsp3) is 0.333. The molecule has 0 radical (unpaired) electrons. The molecule has 0 atom stereocenters. The molecule has 1 aromatic heterocycles. The molecule has 1 heterocycles. The number of aromatic nitrogens is 2. The second-order valence-electron chi connectivity index (χ2n) is 4.88. The lowest BCUT2D eigenvalue weighted by molar-refractivity contribution is -0.385. The van der Waals surface area contributed by atoms with Crippen molar-refractivity contribution in [3.63, 3.8) is 0 Å². The van der Waals surface area contributed by atoms with Crippen LogP contribution < -0.4 is 0 Å². The van der Waals surface area contributed by atoms with Gasteiger partial charge in [0.1, 0.15) is 16.6 Å². The van der Waals surface area contributed by atoms with Gasteiger partial charge in [-0.05, 0) is 26.8 Å². The minimum atomic E-state index is -0.439. The van der Waals surface area contributed by atoms with Gasteiger partial charge in [0.2, 0.25) is 0 Å². The minimum absolute atomic E-state index is 0.0213. The summed E-state index contributed by atoms with van der Waals surface area (Å²) < 4.78 is 8.05. The Hall–Kier alpha value is -2.00. The van der Waals surface area contributed by atoms with Crippen molar-refractivity contribution in [1.29, 1.82) is 0 Å². The molecule has 0 amide bonds. The third-order valence-electron chi connectivity index (χ3n) is 2.14. The first-order chi connectivity index (χ1) is 8.37. The Balaban J connectivity index is 2.62. The maximum atomic E-state index is 11.0. The number of nitro benzene ring substituents is 1. The Bertz CT molecular complexity index is 674. The molecule has 18 heavy (non-hydrogen) atoms. The summed E-state index contributed by atoms with van der Waals surface area (Å²) in [5.74, 6) is 5.85. The third kappa shape index (κ3) is 2.63. The van der Waals surface area contributed by atoms with Crippen LogP contribution in [0.25, 0.3) is 11.0 Å². The van der Waals surface area contributed by atoms with E-state index in [0.29, 0.717) is 16.6 Å². The van der Waals surface area contributed by atoms with Gasteiger partial charge < -0.3 is 0 Å². The summed E-state index contributed by atoms with van der Waals surface area (Å²) in [6.07, 6.45) is 0. The number of benzene rings is 1. The molecular formula is C12H11N3O2S. The van der Waals surface area contributed by atoms with Crippen molar-refractivity contribution in [3.8, 4) is 11.8 Å². The van der Waals surface area contributed by atoms with Crippen LogP contribution in [-0.4, -0.2) is 13.7 Å². The lowest BCUT2D eigenvalue weighted by Crippen LogP contribution is -2.00. The van der Waals surface area contributed by atoms with E-state index in [-0.39, 0.29) is 11.1 Å². The number of hydrogen-bond donors (Lipinski definition) is 0. The van der Waals surface area contributed by atoms with Crippen LogP contribution in [0.4, 0.5) is 5.69 Å². The minimum Gasteiger partial charge on any atom is -0.258 e. The lowest BCUT2D eigenvalue weighted by atomic mass is 9.97. The fourth-order valence-corrected chi connectivity index (χ4v) is 1.84. The lowest BCUT2D eigenvalue weighted by Gasteiger charge is -2.06. The van der Waals surface area contributed by atoms with E-state index in [1.165, 1.54) is 6.07 Å². The highest BCUT2D eigenvalue weighted by Crippen LogP contribution is 2.24. The van der Waals surface area contributed by atoms with Crippen LogP contribution in [0.1, 0.15) is 26.3 Å². The van der Waals surface area contributed by atoms with Crippen LogP contribution in [0.15, 0.2) is 12.1 Å². The second-order valence-corrected chi connectivity index (χ2v) is 5.41. The summed E-state index contributed by atoms with van der Waals surface area (Å²) in [5.41, 5.74) is 1.34. The van der Waals surface area contributed by atoms with Crippen LogP contribution >= 0.6 is 11.7 Å². The van der Waals surface area contributed by atoms with Crippen molar-refractivity contribution in [2.24, 2.45) is 5.41 Å². The summed E-state index contributed by atoms with van der Waals surface area (Å²) in [7, 11) is 0. The van der Waals surface area contributed by atoms with E-state index in [2.05, 4.69) is 20.6 Å². The smallest absolute Gasteiger partial charge is 0.258 e. The Labute approximate surface area is 108 Å². The summed E-state index contributed by atoms with van der Waals surface area (Å²) in [6.45, 7) is 5.86. The molecule has 0 N–H and O–H groups in total. The van der Waals surface area contributed by atoms with Gasteiger partial charge in [0.15, 0.2) is 0 Å². The van der Waals surface area contributed by atoms with E-state index >= 15 is 0 Å². The van der Waals surface area contributed by atoms with Gasteiger partial charge in [0.05, 0.1) is 16.7 Å². The van der Waals surface area contributed by atoms with Gasteiger partial charge in [-0.1, -0.05) is 11.8 Å². The zero-order chi connectivity index (χ0) is 13.3. The number of nitro groups is 1. The monoisotopic (exact) mass is 261 g/mol. The predicted molar refractivity (Wildman–Crippen MR) is 70.4 cm³/mol. The number of nitrogens with zero attached hydrogens (tertiary/aromatic N) is 3. The second kappa shape index (κ2) is 4.35. The van der Waals surface area contributed by atoms with Gasteiger partial charge in [0, 0.05) is 11.5 Å². The zero-order valence-electron chi connectivity index (χ0n) is 10.2. The summed E-state index contributed by atoms with van der Waals surface area (Å²) in [5, 5.41) is 11.0. The van der Waals surface area contributed by atoms with Gasteiger partial charge >= 0.3 is 0 Å². The Morgan fingerprint density at radius 2 is 1.89 bits per heavy atom. The van der Waals surface area contributed by atoms with Crippen LogP contribution in [0.2, 0.25) is 0 Å². The average molecular weight is 261 g/mol. The van der Waals surface area contributed by atoms with Crippen molar-refractivity contribution in [2.45, 2.75) is 20.8 Å². The van der Waals surface area contributed by atoms with E-state index in [1.54, 1.807) is 6.07 Å². The first kappa shape index (κ1) is 12.5. The molecule has 0 saturated heterocycles. The van der Waals surface area contributed by atoms with Crippen LogP contribution in [-0.2, 0) is 0 Å². The molecule has 0 fully saturated rings. The Kier molecular flexibility index (Phi) is 3.01. The normalized spacial score (nSPS) is 11.1. The highest BCUT2D eigenvalue weighted by Gasteiger charge is 2.16. The van der Waals surface area contributed by atoms with Gasteiger partial charge in [0.25, 0.3) is 5.69 Å². The summed E-state index contributed by atoms with van der Waals surface area (Å²) in [4.78, 5) is 10.6. The highest BCUT2D eigenvalue weighted by atomic mass is 32.1. The predicted octanol–water partition coefficient (Wildman–Crippen LogP) is 3.00. The summed E-state index contributed by atoms with van der Waals surface area (Å²) in [6, 6.07) is 3.04. The van der Waals surface area contributed by atoms with Crippen molar-refractivity contribution in [1.82, 2.24) is 8.75 Å². The van der Waals surface area contributed by atoms with Crippen molar-refractivity contribution >= 4 is 28.4 Å². The van der Waals surface area contributed by atoms with E-state index in [0.717, 1.165) is 11.7 Å². The van der Waals surface area contributed by atoms with Crippen molar-refractivity contribution < 1.29 is 4.92 Å². The quantitative estimate of drug-likeness (QED) is 0.449. The Morgan fingerprint density at radius 3 is 2.44 bits per heavy atom. The molecule has 6 heteroatoms. The first-order valence-corrected chi connectivity index (χ1v) is 6.04. The summed E-state index contributed by atoms with van der Waals surface area (Å²) >= 11 is 1.03. The number of fused-ring (bicyclic) bond motifs is 1. The Morgan fingerprint density at radius 1 is 1.28 bits per heavy atom. The largest absolute Gasteiger partial charge is 0.287 e. The molecule has 1 aromatic carbocycles. The highest BCUT2D eigenvalue weighted by molar-refractivity contribution is 7.00. The molecule has 2 rings (SSSR count). The molecule has 5 nitrogen and oxygen atoms in total.